The second-order valence-corrected chi connectivity index (χ2v) is 4.42. The SMILES string of the molecule is CC(C)C1C2CCC21C. The van der Waals surface area contributed by atoms with Crippen molar-refractivity contribution in [2.24, 2.45) is 23.2 Å². The molecule has 0 aromatic carbocycles. The first kappa shape index (κ1) is 5.76. The summed E-state index contributed by atoms with van der Waals surface area (Å²) >= 11 is 0. The molecule has 0 spiro atoms. The van der Waals surface area contributed by atoms with Crippen LogP contribution in [0.1, 0.15) is 33.6 Å². The number of hydrogen-bond acceptors (Lipinski definition) is 0. The van der Waals surface area contributed by atoms with Crippen LogP contribution in [0.3, 0.4) is 0 Å². The Labute approximate surface area is 57.6 Å². The minimum Gasteiger partial charge on any atom is -0.0625 e. The lowest BCUT2D eigenvalue weighted by molar-refractivity contribution is 0.315. The van der Waals surface area contributed by atoms with Gasteiger partial charge in [0, 0.05) is 0 Å². The van der Waals surface area contributed by atoms with Gasteiger partial charge in [-0.1, -0.05) is 20.8 Å². The van der Waals surface area contributed by atoms with Gasteiger partial charge in [-0.05, 0) is 36.0 Å². The average molecular weight is 124 g/mol. The standard InChI is InChI=1S/C9H16/c1-6(2)8-7-4-5-9(7,8)3/h6-8H,4-5H2,1-3H3. The largest absolute Gasteiger partial charge is 0.0625 e. The van der Waals surface area contributed by atoms with Crippen molar-refractivity contribution in [3.05, 3.63) is 0 Å². The zero-order valence-electron chi connectivity index (χ0n) is 6.65. The van der Waals surface area contributed by atoms with Gasteiger partial charge in [0.1, 0.15) is 0 Å². The predicted octanol–water partition coefficient (Wildman–Crippen LogP) is 2.69. The van der Waals surface area contributed by atoms with Gasteiger partial charge < -0.3 is 0 Å². The third kappa shape index (κ3) is 0.500. The van der Waals surface area contributed by atoms with Crippen molar-refractivity contribution in [1.29, 1.82) is 0 Å². The van der Waals surface area contributed by atoms with Gasteiger partial charge >= 0.3 is 0 Å². The van der Waals surface area contributed by atoms with Crippen LogP contribution in [0, 0.1) is 23.2 Å². The smallest absolute Gasteiger partial charge is 0.0261 e. The fourth-order valence-corrected chi connectivity index (χ4v) is 3.04. The van der Waals surface area contributed by atoms with Crippen LogP contribution in [0.15, 0.2) is 0 Å². The van der Waals surface area contributed by atoms with Crippen molar-refractivity contribution in [3.63, 3.8) is 0 Å². The van der Waals surface area contributed by atoms with E-state index in [4.69, 9.17) is 0 Å². The Balaban J connectivity index is 2.06. The monoisotopic (exact) mass is 124 g/mol. The van der Waals surface area contributed by atoms with Crippen LogP contribution >= 0.6 is 0 Å². The molecule has 2 aliphatic rings. The fourth-order valence-electron chi connectivity index (χ4n) is 3.04. The maximum atomic E-state index is 2.46. The van der Waals surface area contributed by atoms with Gasteiger partial charge in [-0.3, -0.25) is 0 Å². The summed E-state index contributed by atoms with van der Waals surface area (Å²) in [5.41, 5.74) is 0.828. The molecule has 0 amide bonds. The molecule has 0 N–H and O–H groups in total. The lowest BCUT2D eigenvalue weighted by Gasteiger charge is -2.19. The van der Waals surface area contributed by atoms with Gasteiger partial charge in [0.15, 0.2) is 0 Å². The Kier molecular flexibility index (Phi) is 0.868. The lowest BCUT2D eigenvalue weighted by atomic mass is 9.86. The van der Waals surface area contributed by atoms with Gasteiger partial charge in [0.05, 0.1) is 0 Å². The summed E-state index contributed by atoms with van der Waals surface area (Å²) in [5.74, 6) is 3.18. The molecule has 0 heteroatoms. The van der Waals surface area contributed by atoms with E-state index < -0.39 is 0 Å². The molecule has 3 atom stereocenters. The minimum atomic E-state index is 0.828. The first-order valence-electron chi connectivity index (χ1n) is 4.16. The van der Waals surface area contributed by atoms with Crippen molar-refractivity contribution >= 4 is 0 Å². The molecule has 9 heavy (non-hydrogen) atoms. The van der Waals surface area contributed by atoms with Gasteiger partial charge in [-0.2, -0.15) is 0 Å². The number of fused-ring (bicyclic) bond motifs is 1. The molecule has 3 unspecified atom stereocenters. The second kappa shape index (κ2) is 1.36. The summed E-state index contributed by atoms with van der Waals surface area (Å²) in [6, 6.07) is 0. The van der Waals surface area contributed by atoms with Crippen molar-refractivity contribution in [1.82, 2.24) is 0 Å². The highest BCUT2D eigenvalue weighted by atomic mass is 14.7. The molecule has 0 aromatic heterocycles. The van der Waals surface area contributed by atoms with E-state index in [9.17, 15) is 0 Å². The van der Waals surface area contributed by atoms with E-state index in [2.05, 4.69) is 20.8 Å². The van der Waals surface area contributed by atoms with Crippen molar-refractivity contribution in [2.75, 3.05) is 0 Å². The van der Waals surface area contributed by atoms with Crippen LogP contribution < -0.4 is 0 Å². The molecule has 0 nitrogen and oxygen atoms in total. The van der Waals surface area contributed by atoms with E-state index in [1.165, 1.54) is 12.8 Å². The normalized spacial score (nSPS) is 54.7. The Morgan fingerprint density at radius 3 is 2.11 bits per heavy atom. The van der Waals surface area contributed by atoms with E-state index >= 15 is 0 Å². The van der Waals surface area contributed by atoms with Gasteiger partial charge in [-0.25, -0.2) is 0 Å². The molecule has 2 fully saturated rings. The van der Waals surface area contributed by atoms with E-state index in [0.717, 1.165) is 23.2 Å². The molecule has 0 saturated heterocycles. The van der Waals surface area contributed by atoms with Gasteiger partial charge in [0.2, 0.25) is 0 Å². The highest BCUT2D eigenvalue weighted by Gasteiger charge is 2.67. The number of hydrogen-bond donors (Lipinski definition) is 0. The molecule has 0 heterocycles. The average Bonchev–Trinajstić information content (AvgIpc) is 2.13. The third-order valence-corrected chi connectivity index (χ3v) is 3.65. The van der Waals surface area contributed by atoms with E-state index in [-0.39, 0.29) is 0 Å². The van der Waals surface area contributed by atoms with Crippen molar-refractivity contribution < 1.29 is 0 Å². The van der Waals surface area contributed by atoms with E-state index in [0.29, 0.717) is 0 Å². The third-order valence-electron chi connectivity index (χ3n) is 3.65. The highest BCUT2D eigenvalue weighted by molar-refractivity contribution is 5.15. The van der Waals surface area contributed by atoms with E-state index in [1.54, 1.807) is 0 Å². The Morgan fingerprint density at radius 1 is 1.44 bits per heavy atom. The molecule has 2 rings (SSSR count). The van der Waals surface area contributed by atoms with Crippen molar-refractivity contribution in [2.45, 2.75) is 33.6 Å². The fraction of sp³-hybridized carbons (Fsp3) is 1.00. The molecular weight excluding hydrogens is 108 g/mol. The summed E-state index contributed by atoms with van der Waals surface area (Å²) in [6.45, 7) is 7.20. The number of rotatable bonds is 1. The lowest BCUT2D eigenvalue weighted by Crippen LogP contribution is -2.09. The summed E-state index contributed by atoms with van der Waals surface area (Å²) in [6.07, 6.45) is 3.04. The van der Waals surface area contributed by atoms with Crippen LogP contribution in [0.5, 0.6) is 0 Å². The van der Waals surface area contributed by atoms with Crippen LogP contribution in [-0.4, -0.2) is 0 Å². The quantitative estimate of drug-likeness (QED) is 0.504. The Bertz CT molecular complexity index is 137. The van der Waals surface area contributed by atoms with Crippen LogP contribution in [0.25, 0.3) is 0 Å². The Hall–Kier alpha value is 0. The van der Waals surface area contributed by atoms with Gasteiger partial charge in [-0.15, -0.1) is 0 Å². The topological polar surface area (TPSA) is 0 Å². The molecular formula is C9H16. The zero-order valence-corrected chi connectivity index (χ0v) is 6.65. The molecule has 2 aliphatic carbocycles. The predicted molar refractivity (Wildman–Crippen MR) is 39.2 cm³/mol. The van der Waals surface area contributed by atoms with E-state index in [1.807, 2.05) is 0 Å². The van der Waals surface area contributed by atoms with Gasteiger partial charge in [0.25, 0.3) is 0 Å². The maximum absolute atomic E-state index is 2.46. The molecule has 0 aliphatic heterocycles. The minimum absolute atomic E-state index is 0.828. The summed E-state index contributed by atoms with van der Waals surface area (Å²) in [4.78, 5) is 0. The maximum Gasteiger partial charge on any atom is -0.0261 e. The summed E-state index contributed by atoms with van der Waals surface area (Å²) in [5, 5.41) is 0. The molecule has 0 aromatic rings. The first-order valence-corrected chi connectivity index (χ1v) is 4.16. The molecule has 2 saturated carbocycles. The Morgan fingerprint density at radius 2 is 2.00 bits per heavy atom. The second-order valence-electron chi connectivity index (χ2n) is 4.42. The highest BCUT2D eigenvalue weighted by Crippen LogP contribution is 2.74. The summed E-state index contributed by atoms with van der Waals surface area (Å²) in [7, 11) is 0. The zero-order chi connectivity index (χ0) is 6.65. The molecule has 0 radical (unpaired) electrons. The van der Waals surface area contributed by atoms with Crippen LogP contribution in [0.2, 0.25) is 0 Å². The molecule has 0 bridgehead atoms. The first-order chi connectivity index (χ1) is 4.16. The van der Waals surface area contributed by atoms with Crippen molar-refractivity contribution in [3.8, 4) is 0 Å². The van der Waals surface area contributed by atoms with Crippen LogP contribution in [-0.2, 0) is 0 Å². The molecule has 52 valence electrons. The summed E-state index contributed by atoms with van der Waals surface area (Å²) < 4.78 is 0. The van der Waals surface area contributed by atoms with Crippen LogP contribution in [0.4, 0.5) is 0 Å².